The van der Waals surface area contributed by atoms with E-state index in [9.17, 15) is 4.79 Å². The summed E-state index contributed by atoms with van der Waals surface area (Å²) in [7, 11) is 0. The average Bonchev–Trinajstić information content (AvgIpc) is 2.68. The van der Waals surface area contributed by atoms with Crippen LogP contribution in [0.3, 0.4) is 0 Å². The molecule has 1 amide bonds. The minimum absolute atomic E-state index is 0.00983. The third-order valence-corrected chi connectivity index (χ3v) is 5.49. The molecule has 2 aromatic rings. The van der Waals surface area contributed by atoms with Crippen LogP contribution in [-0.4, -0.2) is 30.7 Å². The molecule has 0 unspecified atom stereocenters. The maximum Gasteiger partial charge on any atom is 0.240 e. The lowest BCUT2D eigenvalue weighted by Gasteiger charge is -2.33. The number of ether oxygens (including phenoxy) is 2. The summed E-state index contributed by atoms with van der Waals surface area (Å²) in [5.74, 6) is 0.858. The Morgan fingerprint density at radius 3 is 2.78 bits per heavy atom. The molecular formula is C22H26N2O3. The normalized spacial score (nSPS) is 18.6. The van der Waals surface area contributed by atoms with E-state index in [1.807, 2.05) is 25.1 Å². The molecule has 142 valence electrons. The monoisotopic (exact) mass is 366 g/mol. The number of nitrogens with one attached hydrogen (secondary N) is 1. The van der Waals surface area contributed by atoms with E-state index in [0.29, 0.717) is 32.7 Å². The number of rotatable bonds is 4. The summed E-state index contributed by atoms with van der Waals surface area (Å²) >= 11 is 0. The number of carbonyl (C=O) groups excluding carboxylic acids is 1. The van der Waals surface area contributed by atoms with Crippen molar-refractivity contribution in [3.8, 4) is 16.9 Å². The van der Waals surface area contributed by atoms with Crippen molar-refractivity contribution in [2.24, 2.45) is 5.73 Å². The fourth-order valence-electron chi connectivity index (χ4n) is 3.86. The molecule has 27 heavy (non-hydrogen) atoms. The van der Waals surface area contributed by atoms with Crippen LogP contribution in [0.15, 0.2) is 42.5 Å². The van der Waals surface area contributed by atoms with Crippen LogP contribution in [0, 0.1) is 0 Å². The van der Waals surface area contributed by atoms with Crippen molar-refractivity contribution in [3.63, 3.8) is 0 Å². The maximum atomic E-state index is 12.6. The Hall–Kier alpha value is -2.37. The number of nitrogens with two attached hydrogens (primary N) is 1. The molecule has 5 nitrogen and oxygen atoms in total. The van der Waals surface area contributed by atoms with Crippen LogP contribution in [0.25, 0.3) is 11.1 Å². The molecule has 2 aliphatic rings. The van der Waals surface area contributed by atoms with Gasteiger partial charge in [-0.25, -0.2) is 0 Å². The number of fused-ring (bicyclic) bond motifs is 3. The van der Waals surface area contributed by atoms with Crippen LogP contribution in [0.4, 0.5) is 0 Å². The summed E-state index contributed by atoms with van der Waals surface area (Å²) in [5, 5.41) is 3.08. The molecule has 2 aromatic carbocycles. The number of carbonyl (C=O) groups is 1. The van der Waals surface area contributed by atoms with Gasteiger partial charge in [-0.1, -0.05) is 36.4 Å². The number of hydrogen-bond donors (Lipinski definition) is 2. The van der Waals surface area contributed by atoms with Gasteiger partial charge in [-0.2, -0.15) is 0 Å². The van der Waals surface area contributed by atoms with Crippen molar-refractivity contribution in [1.29, 1.82) is 0 Å². The molecule has 0 spiro atoms. The molecular weight excluding hydrogens is 340 g/mol. The highest BCUT2D eigenvalue weighted by atomic mass is 16.5. The van der Waals surface area contributed by atoms with Crippen LogP contribution in [0.5, 0.6) is 5.75 Å². The minimum Gasteiger partial charge on any atom is -0.488 e. The molecule has 0 bridgehead atoms. The van der Waals surface area contributed by atoms with Gasteiger partial charge in [0.1, 0.15) is 12.4 Å². The van der Waals surface area contributed by atoms with Crippen molar-refractivity contribution in [1.82, 2.24) is 5.32 Å². The SMILES string of the molecule is C[C@H](Cc1ccc2c(c1)COc1ccccc1-2)NC(=O)C1(N)CCOCC1. The van der Waals surface area contributed by atoms with E-state index in [0.717, 1.165) is 17.7 Å². The summed E-state index contributed by atoms with van der Waals surface area (Å²) in [4.78, 5) is 12.6. The summed E-state index contributed by atoms with van der Waals surface area (Å²) in [6.45, 7) is 3.69. The van der Waals surface area contributed by atoms with Gasteiger partial charge in [0.15, 0.2) is 0 Å². The first-order chi connectivity index (χ1) is 13.0. The van der Waals surface area contributed by atoms with Crippen molar-refractivity contribution in [3.05, 3.63) is 53.6 Å². The van der Waals surface area contributed by atoms with Gasteiger partial charge in [0.2, 0.25) is 5.91 Å². The Labute approximate surface area is 159 Å². The zero-order valence-corrected chi connectivity index (χ0v) is 15.7. The summed E-state index contributed by atoms with van der Waals surface area (Å²) in [6, 6.07) is 14.6. The second-order valence-corrected chi connectivity index (χ2v) is 7.62. The fraction of sp³-hybridized carbons (Fsp3) is 0.409. The van der Waals surface area contributed by atoms with E-state index >= 15 is 0 Å². The highest BCUT2D eigenvalue weighted by molar-refractivity contribution is 5.86. The molecule has 0 aromatic heterocycles. The van der Waals surface area contributed by atoms with Crippen molar-refractivity contribution in [2.75, 3.05) is 13.2 Å². The molecule has 0 aliphatic carbocycles. The van der Waals surface area contributed by atoms with Gasteiger partial charge in [-0.3, -0.25) is 4.79 Å². The van der Waals surface area contributed by atoms with Gasteiger partial charge in [0, 0.05) is 24.8 Å². The largest absolute Gasteiger partial charge is 0.488 e. The lowest BCUT2D eigenvalue weighted by molar-refractivity contribution is -0.130. The number of benzene rings is 2. The standard InChI is InChI=1S/C22H26N2O3/c1-15(24-21(25)22(23)8-10-26-11-9-22)12-16-6-7-18-17(13-16)14-27-20-5-3-2-4-19(18)20/h2-7,13,15H,8-12,14,23H2,1H3,(H,24,25)/t15-/m1/s1. The zero-order chi connectivity index (χ0) is 18.9. The quantitative estimate of drug-likeness (QED) is 0.873. The van der Waals surface area contributed by atoms with E-state index in [2.05, 4.69) is 29.6 Å². The van der Waals surface area contributed by atoms with Crippen LogP contribution in [0.2, 0.25) is 0 Å². The van der Waals surface area contributed by atoms with Gasteiger partial charge in [0.05, 0.1) is 5.54 Å². The van der Waals surface area contributed by atoms with Gasteiger partial charge < -0.3 is 20.5 Å². The second-order valence-electron chi connectivity index (χ2n) is 7.62. The minimum atomic E-state index is -0.806. The molecule has 0 saturated carbocycles. The number of amides is 1. The van der Waals surface area contributed by atoms with E-state index in [-0.39, 0.29) is 11.9 Å². The van der Waals surface area contributed by atoms with Gasteiger partial charge in [-0.05, 0) is 48.9 Å². The van der Waals surface area contributed by atoms with Crippen molar-refractivity contribution < 1.29 is 14.3 Å². The molecule has 5 heteroatoms. The topological polar surface area (TPSA) is 73.6 Å². The van der Waals surface area contributed by atoms with Gasteiger partial charge >= 0.3 is 0 Å². The third kappa shape index (κ3) is 3.70. The molecule has 1 fully saturated rings. The first-order valence-corrected chi connectivity index (χ1v) is 9.57. The van der Waals surface area contributed by atoms with E-state index < -0.39 is 5.54 Å². The van der Waals surface area contributed by atoms with E-state index in [1.54, 1.807) is 0 Å². The Morgan fingerprint density at radius 1 is 1.19 bits per heavy atom. The van der Waals surface area contributed by atoms with Crippen molar-refractivity contribution >= 4 is 5.91 Å². The molecule has 3 N–H and O–H groups in total. The Bertz CT molecular complexity index is 843. The molecule has 1 saturated heterocycles. The smallest absolute Gasteiger partial charge is 0.240 e. The maximum absolute atomic E-state index is 12.6. The fourth-order valence-corrected chi connectivity index (χ4v) is 3.86. The lowest BCUT2D eigenvalue weighted by Crippen LogP contribution is -2.58. The third-order valence-electron chi connectivity index (χ3n) is 5.49. The Balaban J connectivity index is 1.44. The first kappa shape index (κ1) is 18.0. The second kappa shape index (κ2) is 7.33. The average molecular weight is 366 g/mol. The predicted octanol–water partition coefficient (Wildman–Crippen LogP) is 2.80. The predicted molar refractivity (Wildman–Crippen MR) is 104 cm³/mol. The summed E-state index contributed by atoms with van der Waals surface area (Å²) in [5.41, 5.74) is 10.2. The Kier molecular flexibility index (Phi) is 4.89. The molecule has 1 atom stereocenters. The highest BCUT2D eigenvalue weighted by Crippen LogP contribution is 2.37. The van der Waals surface area contributed by atoms with E-state index in [4.69, 9.17) is 15.2 Å². The molecule has 2 aliphatic heterocycles. The van der Waals surface area contributed by atoms with E-state index in [1.165, 1.54) is 16.7 Å². The zero-order valence-electron chi connectivity index (χ0n) is 15.7. The van der Waals surface area contributed by atoms with Gasteiger partial charge in [-0.15, -0.1) is 0 Å². The van der Waals surface area contributed by atoms with Crippen LogP contribution < -0.4 is 15.8 Å². The Morgan fingerprint density at radius 2 is 1.96 bits per heavy atom. The van der Waals surface area contributed by atoms with Crippen LogP contribution >= 0.6 is 0 Å². The highest BCUT2D eigenvalue weighted by Gasteiger charge is 2.36. The van der Waals surface area contributed by atoms with Crippen molar-refractivity contribution in [2.45, 2.75) is 44.4 Å². The summed E-state index contributed by atoms with van der Waals surface area (Å²) in [6.07, 6.45) is 1.90. The first-order valence-electron chi connectivity index (χ1n) is 9.57. The molecule has 4 rings (SSSR count). The summed E-state index contributed by atoms with van der Waals surface area (Å²) < 4.78 is 11.2. The molecule has 0 radical (unpaired) electrons. The number of hydrogen-bond acceptors (Lipinski definition) is 4. The van der Waals surface area contributed by atoms with Crippen LogP contribution in [-0.2, 0) is 22.6 Å². The lowest BCUT2D eigenvalue weighted by atomic mass is 9.89. The molecule has 2 heterocycles. The number of para-hydroxylation sites is 1. The van der Waals surface area contributed by atoms with Crippen LogP contribution in [0.1, 0.15) is 30.9 Å². The van der Waals surface area contributed by atoms with Gasteiger partial charge in [0.25, 0.3) is 0 Å².